The molecule has 3 aromatic heterocycles. The fourth-order valence-corrected chi connectivity index (χ4v) is 2.96. The fourth-order valence-electron chi connectivity index (χ4n) is 2.20. The van der Waals surface area contributed by atoms with E-state index in [0.29, 0.717) is 17.1 Å². The summed E-state index contributed by atoms with van der Waals surface area (Å²) < 4.78 is 2.42. The summed E-state index contributed by atoms with van der Waals surface area (Å²) in [6, 6.07) is 2.08. The van der Waals surface area contributed by atoms with E-state index in [4.69, 9.17) is 0 Å². The van der Waals surface area contributed by atoms with Crippen LogP contribution in [0.15, 0.2) is 26.4 Å². The summed E-state index contributed by atoms with van der Waals surface area (Å²) in [7, 11) is 3.04. The Labute approximate surface area is 123 Å². The van der Waals surface area contributed by atoms with E-state index in [1.54, 1.807) is 18.4 Å². The Morgan fingerprint density at radius 1 is 1.33 bits per heavy atom. The first-order valence-corrected chi connectivity index (χ1v) is 7.37. The van der Waals surface area contributed by atoms with Crippen LogP contribution in [0.3, 0.4) is 0 Å². The molecule has 0 aliphatic rings. The highest BCUT2D eigenvalue weighted by atomic mass is 32.1. The third kappa shape index (κ3) is 2.17. The van der Waals surface area contributed by atoms with Crippen LogP contribution in [0.4, 0.5) is 5.95 Å². The minimum absolute atomic E-state index is 0.0534. The lowest BCUT2D eigenvalue weighted by Crippen LogP contribution is -2.36. The predicted octanol–water partition coefficient (Wildman–Crippen LogP) is 1.19. The van der Waals surface area contributed by atoms with Crippen LogP contribution in [0.2, 0.25) is 0 Å². The Hall–Kier alpha value is -2.35. The summed E-state index contributed by atoms with van der Waals surface area (Å²) in [5, 5.41) is 7.26. The summed E-state index contributed by atoms with van der Waals surface area (Å²) in [5.41, 5.74) is 1.04. The van der Waals surface area contributed by atoms with Gasteiger partial charge in [0, 0.05) is 14.1 Å². The molecule has 3 heterocycles. The number of aryl methyl sites for hydroxylation is 1. The van der Waals surface area contributed by atoms with Crippen LogP contribution in [-0.4, -0.2) is 19.1 Å². The van der Waals surface area contributed by atoms with Crippen LogP contribution >= 0.6 is 11.3 Å². The molecule has 0 fully saturated rings. The maximum atomic E-state index is 12.1. The van der Waals surface area contributed by atoms with Gasteiger partial charge in [-0.15, -0.1) is 0 Å². The smallest absolute Gasteiger partial charge is 0.332 e. The van der Waals surface area contributed by atoms with Gasteiger partial charge in [-0.25, -0.2) is 4.79 Å². The Morgan fingerprint density at radius 2 is 2.10 bits per heavy atom. The van der Waals surface area contributed by atoms with Crippen molar-refractivity contribution < 1.29 is 0 Å². The standard InChI is InChI=1S/C13H15N5O2S/c1-7(8-4-5-21-6-8)14-12-15-9-10(16-12)17(2)13(20)18(3)11(9)19/h4-7H,1-3H3,(H2,14,15,16). The lowest BCUT2D eigenvalue weighted by atomic mass is 10.2. The lowest BCUT2D eigenvalue weighted by Gasteiger charge is -2.10. The molecule has 0 bridgehead atoms. The molecule has 0 saturated carbocycles. The van der Waals surface area contributed by atoms with Crippen LogP contribution in [0.25, 0.3) is 11.2 Å². The molecule has 0 aliphatic heterocycles. The van der Waals surface area contributed by atoms with Crippen molar-refractivity contribution in [3.63, 3.8) is 0 Å². The normalized spacial score (nSPS) is 12.7. The van der Waals surface area contributed by atoms with E-state index in [9.17, 15) is 9.59 Å². The molecule has 0 saturated heterocycles. The van der Waals surface area contributed by atoms with Gasteiger partial charge in [-0.2, -0.15) is 16.3 Å². The molecule has 21 heavy (non-hydrogen) atoms. The lowest BCUT2D eigenvalue weighted by molar-refractivity contribution is 0.708. The second-order valence-electron chi connectivity index (χ2n) is 4.91. The third-order valence-electron chi connectivity index (χ3n) is 3.49. The molecule has 110 valence electrons. The number of thiophene rings is 1. The molecule has 0 aliphatic carbocycles. The number of aromatic amines is 1. The van der Waals surface area contributed by atoms with Gasteiger partial charge < -0.3 is 10.3 Å². The van der Waals surface area contributed by atoms with Crippen molar-refractivity contribution >= 4 is 28.4 Å². The van der Waals surface area contributed by atoms with E-state index in [1.165, 1.54) is 11.6 Å². The van der Waals surface area contributed by atoms with E-state index < -0.39 is 5.69 Å². The number of H-pyrrole nitrogens is 1. The van der Waals surface area contributed by atoms with Gasteiger partial charge in [-0.05, 0) is 29.3 Å². The molecule has 7 nitrogen and oxygen atoms in total. The fraction of sp³-hybridized carbons (Fsp3) is 0.308. The predicted molar refractivity (Wildman–Crippen MR) is 82.9 cm³/mol. The Balaban J connectivity index is 2.06. The van der Waals surface area contributed by atoms with E-state index in [2.05, 4.69) is 20.7 Å². The molecule has 2 N–H and O–H groups in total. The highest BCUT2D eigenvalue weighted by molar-refractivity contribution is 7.07. The summed E-state index contributed by atoms with van der Waals surface area (Å²) in [6.07, 6.45) is 0. The number of rotatable bonds is 3. The van der Waals surface area contributed by atoms with Crippen LogP contribution in [0.1, 0.15) is 18.5 Å². The van der Waals surface area contributed by atoms with E-state index in [-0.39, 0.29) is 11.6 Å². The largest absolute Gasteiger partial charge is 0.349 e. The maximum Gasteiger partial charge on any atom is 0.332 e. The molecule has 3 aromatic rings. The number of hydrogen-bond acceptors (Lipinski definition) is 5. The highest BCUT2D eigenvalue weighted by Crippen LogP contribution is 2.20. The topological polar surface area (TPSA) is 84.7 Å². The van der Waals surface area contributed by atoms with Gasteiger partial charge in [-0.1, -0.05) is 0 Å². The number of nitrogens with zero attached hydrogens (tertiary/aromatic N) is 3. The van der Waals surface area contributed by atoms with Crippen molar-refractivity contribution in [2.45, 2.75) is 13.0 Å². The van der Waals surface area contributed by atoms with Gasteiger partial charge in [-0.3, -0.25) is 13.9 Å². The van der Waals surface area contributed by atoms with Crippen molar-refractivity contribution in [2.24, 2.45) is 14.1 Å². The summed E-state index contributed by atoms with van der Waals surface area (Å²) >= 11 is 1.62. The molecule has 0 aromatic carbocycles. The molecular formula is C13H15N5O2S. The number of imidazole rings is 1. The van der Waals surface area contributed by atoms with Crippen molar-refractivity contribution in [2.75, 3.05) is 5.32 Å². The summed E-state index contributed by atoms with van der Waals surface area (Å²) in [4.78, 5) is 31.2. The number of aromatic nitrogens is 4. The number of hydrogen-bond donors (Lipinski definition) is 2. The van der Waals surface area contributed by atoms with Crippen LogP contribution in [0, 0.1) is 0 Å². The van der Waals surface area contributed by atoms with Crippen molar-refractivity contribution in [1.29, 1.82) is 0 Å². The average molecular weight is 305 g/mol. The first kappa shape index (κ1) is 13.6. The molecule has 0 spiro atoms. The van der Waals surface area contributed by atoms with Gasteiger partial charge >= 0.3 is 5.69 Å². The van der Waals surface area contributed by atoms with E-state index in [1.807, 2.05) is 18.4 Å². The molecule has 3 rings (SSSR count). The highest BCUT2D eigenvalue weighted by Gasteiger charge is 2.15. The zero-order chi connectivity index (χ0) is 15.1. The second-order valence-corrected chi connectivity index (χ2v) is 5.69. The Bertz CT molecular complexity index is 903. The van der Waals surface area contributed by atoms with Crippen LogP contribution in [0.5, 0.6) is 0 Å². The molecule has 1 unspecified atom stereocenters. The minimum atomic E-state index is -0.392. The molecule has 0 amide bonds. The zero-order valence-electron chi connectivity index (χ0n) is 11.9. The maximum absolute atomic E-state index is 12.1. The second kappa shape index (κ2) is 4.88. The Kier molecular flexibility index (Phi) is 3.17. The van der Waals surface area contributed by atoms with Gasteiger partial charge in [0.05, 0.1) is 6.04 Å². The van der Waals surface area contributed by atoms with Crippen LogP contribution in [-0.2, 0) is 14.1 Å². The molecular weight excluding hydrogens is 290 g/mol. The quantitative estimate of drug-likeness (QED) is 0.761. The SMILES string of the molecule is CC(Nc1nc2c([nH]1)c(=O)n(C)c(=O)n2C)c1ccsc1. The summed E-state index contributed by atoms with van der Waals surface area (Å²) in [5.74, 6) is 0.474. The van der Waals surface area contributed by atoms with Crippen molar-refractivity contribution in [3.05, 3.63) is 43.2 Å². The first-order valence-electron chi connectivity index (χ1n) is 6.43. The first-order chi connectivity index (χ1) is 9.99. The monoisotopic (exact) mass is 305 g/mol. The third-order valence-corrected chi connectivity index (χ3v) is 4.19. The Morgan fingerprint density at radius 3 is 2.76 bits per heavy atom. The molecule has 8 heteroatoms. The van der Waals surface area contributed by atoms with E-state index in [0.717, 1.165) is 10.1 Å². The number of nitrogens with one attached hydrogen (secondary N) is 2. The zero-order valence-corrected chi connectivity index (χ0v) is 12.7. The average Bonchev–Trinajstić information content (AvgIpc) is 3.12. The number of anilines is 1. The van der Waals surface area contributed by atoms with Gasteiger partial charge in [0.25, 0.3) is 5.56 Å². The van der Waals surface area contributed by atoms with Crippen molar-refractivity contribution in [3.8, 4) is 0 Å². The van der Waals surface area contributed by atoms with Gasteiger partial charge in [0.1, 0.15) is 0 Å². The molecule has 0 radical (unpaired) electrons. The number of fused-ring (bicyclic) bond motifs is 1. The van der Waals surface area contributed by atoms with E-state index >= 15 is 0 Å². The van der Waals surface area contributed by atoms with Gasteiger partial charge in [0.15, 0.2) is 11.2 Å². The molecule has 1 atom stereocenters. The summed E-state index contributed by atoms with van der Waals surface area (Å²) in [6.45, 7) is 2.01. The van der Waals surface area contributed by atoms with Crippen molar-refractivity contribution in [1.82, 2.24) is 19.1 Å². The van der Waals surface area contributed by atoms with Crippen LogP contribution < -0.4 is 16.6 Å². The van der Waals surface area contributed by atoms with Gasteiger partial charge in [0.2, 0.25) is 5.95 Å². The minimum Gasteiger partial charge on any atom is -0.349 e.